The third-order valence-electron chi connectivity index (χ3n) is 2.99. The predicted octanol–water partition coefficient (Wildman–Crippen LogP) is 3.14. The van der Waals surface area contributed by atoms with Gasteiger partial charge in [0.05, 0.1) is 12.1 Å². The summed E-state index contributed by atoms with van der Waals surface area (Å²) in [6, 6.07) is 2.19. The average molecular weight is 372 g/mol. The highest BCUT2D eigenvalue weighted by Gasteiger charge is 2.48. The molecule has 126 valence electrons. The summed E-state index contributed by atoms with van der Waals surface area (Å²) < 4.78 is 67.9. The van der Waals surface area contributed by atoms with E-state index in [1.165, 1.54) is 13.0 Å². The van der Waals surface area contributed by atoms with E-state index in [2.05, 4.69) is 13.9 Å². The molecule has 0 spiro atoms. The smallest absolute Gasteiger partial charge is 0.464 e. The second kappa shape index (κ2) is 5.60. The van der Waals surface area contributed by atoms with Gasteiger partial charge < -0.3 is 13.9 Å². The maximum absolute atomic E-state index is 12.4. The largest absolute Gasteiger partial charge is 0.534 e. The first-order chi connectivity index (χ1) is 10.5. The Labute approximate surface area is 133 Å². The number of carbonyl (C=O) groups is 1. The van der Waals surface area contributed by atoms with E-state index in [1.807, 2.05) is 0 Å². The number of alkyl halides is 3. The van der Waals surface area contributed by atoms with Gasteiger partial charge in [0.2, 0.25) is 0 Å². The number of esters is 1. The third-order valence-corrected chi connectivity index (χ3v) is 4.33. The first-order valence-electron chi connectivity index (χ1n) is 5.89. The van der Waals surface area contributed by atoms with Crippen molar-refractivity contribution in [3.63, 3.8) is 0 Å². The molecule has 0 saturated heterocycles. The third kappa shape index (κ3) is 2.95. The monoisotopic (exact) mass is 371 g/mol. The normalized spacial score (nSPS) is 12.4. The van der Waals surface area contributed by atoms with Crippen LogP contribution in [-0.2, 0) is 14.9 Å². The molecule has 0 unspecified atom stereocenters. The number of hydrogen-bond donors (Lipinski definition) is 1. The van der Waals surface area contributed by atoms with Gasteiger partial charge in [0.25, 0.3) is 0 Å². The molecule has 2 aromatic rings. The topological polar surface area (TPSA) is 85.5 Å². The lowest BCUT2D eigenvalue weighted by molar-refractivity contribution is -0.0500. The summed E-state index contributed by atoms with van der Waals surface area (Å²) in [7, 11) is -4.70. The Bertz CT molecular complexity index is 888. The molecule has 0 bridgehead atoms. The summed E-state index contributed by atoms with van der Waals surface area (Å²) in [5.74, 6) is -1.41. The second-order valence-electron chi connectivity index (χ2n) is 4.40. The molecule has 0 amide bonds. The fourth-order valence-corrected chi connectivity index (χ4v) is 2.78. The van der Waals surface area contributed by atoms with Crippen molar-refractivity contribution >= 4 is 38.6 Å². The Hall–Kier alpha value is -1.94. The lowest BCUT2D eigenvalue weighted by Crippen LogP contribution is -2.28. The van der Waals surface area contributed by atoms with E-state index in [1.54, 1.807) is 0 Å². The standard InChI is InChI=1S/C12H9ClF3NO5S/c1-5-8-6(17-10(5)11(18)21-2)3-4-7(9(8)13)22-23(19,20)12(14,15)16/h3-4,17H,1-2H3. The molecule has 0 aliphatic heterocycles. The van der Waals surface area contributed by atoms with Crippen LogP contribution >= 0.6 is 11.6 Å². The van der Waals surface area contributed by atoms with Crippen LogP contribution in [0.2, 0.25) is 5.02 Å². The maximum atomic E-state index is 12.4. The minimum atomic E-state index is -5.86. The molecule has 0 radical (unpaired) electrons. The van der Waals surface area contributed by atoms with Crippen LogP contribution in [0.1, 0.15) is 16.1 Å². The Morgan fingerprint density at radius 3 is 2.43 bits per heavy atom. The molecule has 1 heterocycles. The molecular formula is C12H9ClF3NO5S. The molecule has 23 heavy (non-hydrogen) atoms. The van der Waals surface area contributed by atoms with Crippen LogP contribution in [0.4, 0.5) is 13.2 Å². The zero-order valence-corrected chi connectivity index (χ0v) is 13.2. The number of aromatic nitrogens is 1. The maximum Gasteiger partial charge on any atom is 0.534 e. The molecule has 0 aliphatic rings. The number of carbonyl (C=O) groups excluding carboxylic acids is 1. The molecule has 1 N–H and O–H groups in total. The summed E-state index contributed by atoms with van der Waals surface area (Å²) in [6.45, 7) is 1.47. The van der Waals surface area contributed by atoms with Gasteiger partial charge in [0.15, 0.2) is 5.75 Å². The number of hydrogen-bond acceptors (Lipinski definition) is 5. The second-order valence-corrected chi connectivity index (χ2v) is 6.32. The summed E-state index contributed by atoms with van der Waals surface area (Å²) >= 11 is 5.94. The number of H-pyrrole nitrogens is 1. The number of aromatic amines is 1. The summed E-state index contributed by atoms with van der Waals surface area (Å²) in [5.41, 5.74) is -4.95. The zero-order valence-electron chi connectivity index (χ0n) is 11.6. The van der Waals surface area contributed by atoms with Crippen molar-refractivity contribution in [2.45, 2.75) is 12.4 Å². The fraction of sp³-hybridized carbons (Fsp3) is 0.250. The molecule has 0 aliphatic carbocycles. The van der Waals surface area contributed by atoms with Crippen molar-refractivity contribution < 1.29 is 35.3 Å². The molecule has 1 aromatic heterocycles. The number of nitrogens with one attached hydrogen (secondary N) is 1. The quantitative estimate of drug-likeness (QED) is 0.509. The Morgan fingerprint density at radius 2 is 1.91 bits per heavy atom. The van der Waals surface area contributed by atoms with Crippen LogP contribution in [0.5, 0.6) is 5.75 Å². The highest BCUT2D eigenvalue weighted by Crippen LogP contribution is 2.38. The number of halogens is 4. The van der Waals surface area contributed by atoms with Crippen LogP contribution < -0.4 is 4.18 Å². The SMILES string of the molecule is COC(=O)c1[nH]c2ccc(OS(=O)(=O)C(F)(F)F)c(Cl)c2c1C. The van der Waals surface area contributed by atoms with E-state index in [0.29, 0.717) is 5.52 Å². The molecule has 1 aromatic carbocycles. The van der Waals surface area contributed by atoms with E-state index < -0.39 is 27.3 Å². The number of aryl methyl sites for hydroxylation is 1. The van der Waals surface area contributed by atoms with E-state index in [-0.39, 0.29) is 21.7 Å². The Kier molecular flexibility index (Phi) is 4.24. The molecule has 0 atom stereocenters. The molecule has 6 nitrogen and oxygen atoms in total. The van der Waals surface area contributed by atoms with Crippen molar-refractivity contribution in [2.75, 3.05) is 7.11 Å². The van der Waals surface area contributed by atoms with E-state index in [4.69, 9.17) is 11.6 Å². The molecule has 0 saturated carbocycles. The van der Waals surface area contributed by atoms with Gasteiger partial charge in [-0.3, -0.25) is 0 Å². The van der Waals surface area contributed by atoms with Crippen molar-refractivity contribution in [1.82, 2.24) is 4.98 Å². The van der Waals surface area contributed by atoms with Crippen molar-refractivity contribution in [3.8, 4) is 5.75 Å². The van der Waals surface area contributed by atoms with Crippen LogP contribution in [0.15, 0.2) is 12.1 Å². The molecular weight excluding hydrogens is 363 g/mol. The summed E-state index contributed by atoms with van der Waals surface area (Å²) in [6.07, 6.45) is 0. The van der Waals surface area contributed by atoms with Gasteiger partial charge in [-0.1, -0.05) is 11.6 Å². The first kappa shape index (κ1) is 17.4. The fourth-order valence-electron chi connectivity index (χ4n) is 1.92. The van der Waals surface area contributed by atoms with E-state index in [9.17, 15) is 26.4 Å². The number of methoxy groups -OCH3 is 1. The molecule has 0 fully saturated rings. The van der Waals surface area contributed by atoms with Crippen LogP contribution in [0, 0.1) is 6.92 Å². The Balaban J connectivity index is 2.60. The minimum Gasteiger partial charge on any atom is -0.464 e. The number of rotatable bonds is 3. The van der Waals surface area contributed by atoms with Gasteiger partial charge in [-0.15, -0.1) is 0 Å². The van der Waals surface area contributed by atoms with E-state index in [0.717, 1.165) is 13.2 Å². The lowest BCUT2D eigenvalue weighted by Gasteiger charge is -2.11. The van der Waals surface area contributed by atoms with Gasteiger partial charge in [0.1, 0.15) is 5.69 Å². The van der Waals surface area contributed by atoms with Gasteiger partial charge in [0, 0.05) is 10.9 Å². The summed E-state index contributed by atoms with van der Waals surface area (Å²) in [5, 5.41) is -0.221. The van der Waals surface area contributed by atoms with Crippen molar-refractivity contribution in [3.05, 3.63) is 28.4 Å². The number of fused-ring (bicyclic) bond motifs is 1. The zero-order chi connectivity index (χ0) is 17.6. The highest BCUT2D eigenvalue weighted by molar-refractivity contribution is 7.88. The van der Waals surface area contributed by atoms with Gasteiger partial charge in [-0.05, 0) is 24.6 Å². The van der Waals surface area contributed by atoms with Crippen LogP contribution in [-0.4, -0.2) is 32.0 Å². The lowest BCUT2D eigenvalue weighted by atomic mass is 10.1. The highest BCUT2D eigenvalue weighted by atomic mass is 35.5. The van der Waals surface area contributed by atoms with Crippen LogP contribution in [0.3, 0.4) is 0 Å². The molecule has 11 heteroatoms. The number of ether oxygens (including phenoxy) is 1. The Morgan fingerprint density at radius 1 is 1.30 bits per heavy atom. The minimum absolute atomic E-state index is 0.0419. The van der Waals surface area contributed by atoms with Crippen molar-refractivity contribution in [1.29, 1.82) is 0 Å². The predicted molar refractivity (Wildman–Crippen MR) is 75.0 cm³/mol. The van der Waals surface area contributed by atoms with Gasteiger partial charge in [-0.2, -0.15) is 21.6 Å². The van der Waals surface area contributed by atoms with Crippen molar-refractivity contribution in [2.24, 2.45) is 0 Å². The van der Waals surface area contributed by atoms with E-state index >= 15 is 0 Å². The average Bonchev–Trinajstić information content (AvgIpc) is 2.77. The van der Waals surface area contributed by atoms with Crippen LogP contribution in [0.25, 0.3) is 10.9 Å². The summed E-state index contributed by atoms with van der Waals surface area (Å²) in [4.78, 5) is 14.3. The molecule has 2 rings (SSSR count). The van der Waals surface area contributed by atoms with Gasteiger partial charge in [-0.25, -0.2) is 4.79 Å². The number of benzene rings is 1. The first-order valence-corrected chi connectivity index (χ1v) is 7.68. The van der Waals surface area contributed by atoms with Gasteiger partial charge >= 0.3 is 21.6 Å².